The number of nitrogens with one attached hydrogen (secondary N) is 2. The number of hydrogen-bond acceptors (Lipinski definition) is 3. The first kappa shape index (κ1) is 14.2. The van der Waals surface area contributed by atoms with Crippen molar-refractivity contribution >= 4 is 17.8 Å². The van der Waals surface area contributed by atoms with Crippen LogP contribution in [0.15, 0.2) is 18.3 Å². The Hall–Kier alpha value is -2.18. The highest BCUT2D eigenvalue weighted by molar-refractivity contribution is 5.93. The van der Waals surface area contributed by atoms with Gasteiger partial charge in [-0.15, -0.1) is 0 Å². The number of carbonyl (C=O) groups is 2. The lowest BCUT2D eigenvalue weighted by molar-refractivity contribution is -0.130. The number of nitrogens with zero attached hydrogens (tertiary/aromatic N) is 2. The molecule has 20 heavy (non-hydrogen) atoms. The number of amides is 3. The quantitative estimate of drug-likeness (QED) is 0.877. The van der Waals surface area contributed by atoms with Crippen molar-refractivity contribution in [2.24, 2.45) is 0 Å². The van der Waals surface area contributed by atoms with E-state index in [2.05, 4.69) is 15.6 Å². The Balaban J connectivity index is 1.89. The molecule has 1 saturated heterocycles. The third-order valence-electron chi connectivity index (χ3n) is 3.14. The number of halogens is 1. The zero-order valence-electron chi connectivity index (χ0n) is 11.4. The van der Waals surface area contributed by atoms with Crippen LogP contribution in [0.1, 0.15) is 20.3 Å². The Bertz CT molecular complexity index is 504. The molecule has 0 bridgehead atoms. The van der Waals surface area contributed by atoms with Crippen LogP contribution in [0, 0.1) is 5.82 Å². The van der Waals surface area contributed by atoms with Gasteiger partial charge < -0.3 is 10.2 Å². The smallest absolute Gasteiger partial charge is 0.321 e. The van der Waals surface area contributed by atoms with Gasteiger partial charge in [-0.3, -0.25) is 10.1 Å². The van der Waals surface area contributed by atoms with Crippen molar-refractivity contribution < 1.29 is 14.0 Å². The van der Waals surface area contributed by atoms with E-state index < -0.39 is 17.9 Å². The number of aromatic nitrogens is 1. The minimum Gasteiger partial charge on any atom is -0.338 e. The van der Waals surface area contributed by atoms with Gasteiger partial charge in [0.05, 0.1) is 6.20 Å². The van der Waals surface area contributed by atoms with Gasteiger partial charge in [0.15, 0.2) is 0 Å². The van der Waals surface area contributed by atoms with Crippen LogP contribution in [0.25, 0.3) is 0 Å². The summed E-state index contributed by atoms with van der Waals surface area (Å²) in [5.41, 5.74) is 0. The lowest BCUT2D eigenvalue weighted by Crippen LogP contribution is -2.44. The Morgan fingerprint density at radius 1 is 1.50 bits per heavy atom. The van der Waals surface area contributed by atoms with E-state index in [-0.39, 0.29) is 17.8 Å². The van der Waals surface area contributed by atoms with Crippen molar-refractivity contribution in [3.63, 3.8) is 0 Å². The van der Waals surface area contributed by atoms with E-state index >= 15 is 0 Å². The molecule has 0 aliphatic carbocycles. The van der Waals surface area contributed by atoms with E-state index in [1.165, 1.54) is 12.1 Å². The van der Waals surface area contributed by atoms with Crippen molar-refractivity contribution in [3.8, 4) is 0 Å². The first-order valence-corrected chi connectivity index (χ1v) is 6.47. The number of likely N-dealkylation sites (tertiary alicyclic amines) is 1. The number of hydrogen-bond donors (Lipinski definition) is 2. The zero-order valence-corrected chi connectivity index (χ0v) is 11.4. The van der Waals surface area contributed by atoms with Crippen molar-refractivity contribution in [2.75, 3.05) is 11.9 Å². The van der Waals surface area contributed by atoms with E-state index in [1.54, 1.807) is 4.90 Å². The van der Waals surface area contributed by atoms with Crippen LogP contribution in [0.2, 0.25) is 0 Å². The fourth-order valence-electron chi connectivity index (χ4n) is 2.11. The second-order valence-electron chi connectivity index (χ2n) is 4.93. The molecule has 6 nitrogen and oxygen atoms in total. The predicted molar refractivity (Wildman–Crippen MR) is 71.6 cm³/mol. The molecule has 2 N–H and O–H groups in total. The predicted octanol–water partition coefficient (Wildman–Crippen LogP) is 1.35. The van der Waals surface area contributed by atoms with Gasteiger partial charge in [-0.2, -0.15) is 0 Å². The second kappa shape index (κ2) is 5.85. The summed E-state index contributed by atoms with van der Waals surface area (Å²) in [6.45, 7) is 4.50. The molecule has 1 aromatic heterocycles. The fourth-order valence-corrected chi connectivity index (χ4v) is 2.11. The summed E-state index contributed by atoms with van der Waals surface area (Å²) < 4.78 is 12.7. The third-order valence-corrected chi connectivity index (χ3v) is 3.14. The molecule has 0 radical (unpaired) electrons. The normalized spacial score (nSPS) is 18.5. The number of rotatable bonds is 3. The first-order chi connectivity index (χ1) is 9.47. The minimum atomic E-state index is -0.520. The van der Waals surface area contributed by atoms with Crippen LogP contribution in [0.5, 0.6) is 0 Å². The van der Waals surface area contributed by atoms with E-state index in [0.717, 1.165) is 6.20 Å². The maximum absolute atomic E-state index is 12.7. The van der Waals surface area contributed by atoms with Crippen LogP contribution in [-0.4, -0.2) is 40.5 Å². The number of pyridine rings is 1. The number of anilines is 1. The van der Waals surface area contributed by atoms with Crippen molar-refractivity contribution in [3.05, 3.63) is 24.1 Å². The molecule has 2 heterocycles. The van der Waals surface area contributed by atoms with Crippen LogP contribution >= 0.6 is 0 Å². The van der Waals surface area contributed by atoms with E-state index in [4.69, 9.17) is 0 Å². The van der Waals surface area contributed by atoms with Crippen molar-refractivity contribution in [2.45, 2.75) is 32.4 Å². The van der Waals surface area contributed by atoms with E-state index in [1.807, 2.05) is 13.8 Å². The average molecular weight is 280 g/mol. The summed E-state index contributed by atoms with van der Waals surface area (Å²) >= 11 is 0. The van der Waals surface area contributed by atoms with Gasteiger partial charge in [0.2, 0.25) is 5.91 Å². The van der Waals surface area contributed by atoms with Crippen molar-refractivity contribution in [1.29, 1.82) is 0 Å². The molecule has 1 aromatic rings. The summed E-state index contributed by atoms with van der Waals surface area (Å²) in [6, 6.07) is 1.64. The molecule has 0 spiro atoms. The summed E-state index contributed by atoms with van der Waals surface area (Å²) in [7, 11) is 0. The summed E-state index contributed by atoms with van der Waals surface area (Å²) in [5.74, 6) is -0.327. The molecule has 0 saturated carbocycles. The van der Waals surface area contributed by atoms with Gasteiger partial charge in [-0.05, 0) is 32.4 Å². The van der Waals surface area contributed by atoms with Crippen LogP contribution in [0.3, 0.4) is 0 Å². The summed E-state index contributed by atoms with van der Waals surface area (Å²) in [6.07, 6.45) is 1.60. The van der Waals surface area contributed by atoms with Gasteiger partial charge in [0.25, 0.3) is 0 Å². The highest BCUT2D eigenvalue weighted by atomic mass is 19.1. The Labute approximate surface area is 116 Å². The highest BCUT2D eigenvalue weighted by Crippen LogP contribution is 2.14. The third kappa shape index (κ3) is 3.23. The van der Waals surface area contributed by atoms with Crippen LogP contribution < -0.4 is 10.6 Å². The van der Waals surface area contributed by atoms with Gasteiger partial charge in [0, 0.05) is 12.6 Å². The number of carbonyl (C=O) groups excluding carboxylic acids is 2. The Morgan fingerprint density at radius 3 is 2.80 bits per heavy atom. The molecular weight excluding hydrogens is 263 g/mol. The molecule has 7 heteroatoms. The van der Waals surface area contributed by atoms with Crippen LogP contribution in [-0.2, 0) is 4.79 Å². The molecule has 1 aliphatic rings. The molecule has 1 fully saturated rings. The molecular formula is C13H17FN4O2. The summed E-state index contributed by atoms with van der Waals surface area (Å²) in [5, 5.41) is 5.06. The first-order valence-electron chi connectivity index (χ1n) is 6.47. The molecule has 0 aromatic carbocycles. The maximum atomic E-state index is 12.7. The zero-order chi connectivity index (χ0) is 14.7. The van der Waals surface area contributed by atoms with E-state index in [9.17, 15) is 14.0 Å². The molecule has 1 atom stereocenters. The average Bonchev–Trinajstić information content (AvgIpc) is 2.74. The Morgan fingerprint density at radius 2 is 2.25 bits per heavy atom. The topological polar surface area (TPSA) is 74.3 Å². The standard InChI is InChI=1S/C13H17FN4O2/c1-8(2)18-6-5-10(12(18)19)16-13(20)17-11-4-3-9(14)7-15-11/h3-4,7-8,10H,5-6H2,1-2H3,(H2,15,16,17,20). The largest absolute Gasteiger partial charge is 0.338 e. The highest BCUT2D eigenvalue weighted by Gasteiger charge is 2.33. The molecule has 3 amide bonds. The second-order valence-corrected chi connectivity index (χ2v) is 4.93. The number of urea groups is 1. The maximum Gasteiger partial charge on any atom is 0.321 e. The van der Waals surface area contributed by atoms with Gasteiger partial charge >= 0.3 is 6.03 Å². The molecule has 2 rings (SSSR count). The monoisotopic (exact) mass is 280 g/mol. The van der Waals surface area contributed by atoms with Gasteiger partial charge in [-0.1, -0.05) is 0 Å². The lowest BCUT2D eigenvalue weighted by Gasteiger charge is -2.21. The minimum absolute atomic E-state index is 0.0813. The van der Waals surface area contributed by atoms with Gasteiger partial charge in [0.1, 0.15) is 17.7 Å². The fraction of sp³-hybridized carbons (Fsp3) is 0.462. The molecule has 1 aliphatic heterocycles. The summed E-state index contributed by atoms with van der Waals surface area (Å²) in [4.78, 5) is 29.2. The van der Waals surface area contributed by atoms with Gasteiger partial charge in [-0.25, -0.2) is 14.2 Å². The molecule has 108 valence electrons. The van der Waals surface area contributed by atoms with Crippen molar-refractivity contribution in [1.82, 2.24) is 15.2 Å². The molecule has 1 unspecified atom stereocenters. The van der Waals surface area contributed by atoms with E-state index in [0.29, 0.717) is 13.0 Å². The Kier molecular flexibility index (Phi) is 4.16. The van der Waals surface area contributed by atoms with Crippen LogP contribution in [0.4, 0.5) is 15.0 Å². The SMILES string of the molecule is CC(C)N1CCC(NC(=O)Nc2ccc(F)cn2)C1=O. The lowest BCUT2D eigenvalue weighted by atomic mass is 10.2.